The van der Waals surface area contributed by atoms with Crippen LogP contribution in [0, 0.1) is 0 Å². The van der Waals surface area contributed by atoms with Crippen molar-refractivity contribution in [1.82, 2.24) is 15.5 Å². The molecule has 2 rings (SSSR count). The Balaban J connectivity index is 1.85. The maximum absolute atomic E-state index is 11.2. The summed E-state index contributed by atoms with van der Waals surface area (Å²) < 4.78 is 4.63. The van der Waals surface area contributed by atoms with Gasteiger partial charge in [-0.05, 0) is 11.6 Å². The lowest BCUT2D eigenvalue weighted by Gasteiger charge is -2.07. The molecule has 1 aromatic heterocycles. The summed E-state index contributed by atoms with van der Waals surface area (Å²) >= 11 is 0. The Morgan fingerprint density at radius 3 is 2.94 bits per heavy atom. The minimum absolute atomic E-state index is 0.412. The first-order valence-electron chi connectivity index (χ1n) is 5.61. The first-order valence-corrected chi connectivity index (χ1v) is 5.61. The van der Waals surface area contributed by atoms with Gasteiger partial charge in [0.05, 0.1) is 0 Å². The van der Waals surface area contributed by atoms with Crippen LogP contribution in [0.4, 0.5) is 0 Å². The van der Waals surface area contributed by atoms with Crippen LogP contribution < -0.4 is 11.1 Å². The lowest BCUT2D eigenvalue weighted by molar-refractivity contribution is 0.0999. The Morgan fingerprint density at radius 1 is 1.39 bits per heavy atom. The molecule has 0 aliphatic carbocycles. The SMILES string of the molecule is NC(=O)c1ccccc1CNCCc1ncon1. The van der Waals surface area contributed by atoms with Crippen molar-refractivity contribution in [3.8, 4) is 0 Å². The van der Waals surface area contributed by atoms with Crippen molar-refractivity contribution in [2.75, 3.05) is 6.54 Å². The van der Waals surface area contributed by atoms with E-state index in [2.05, 4.69) is 20.0 Å². The lowest BCUT2D eigenvalue weighted by atomic mass is 10.1. The summed E-state index contributed by atoms with van der Waals surface area (Å²) in [5.41, 5.74) is 6.73. The van der Waals surface area contributed by atoms with Gasteiger partial charge in [-0.15, -0.1) is 0 Å². The Labute approximate surface area is 104 Å². The van der Waals surface area contributed by atoms with E-state index in [9.17, 15) is 4.79 Å². The molecule has 3 N–H and O–H groups in total. The zero-order valence-electron chi connectivity index (χ0n) is 9.80. The number of hydrogen-bond acceptors (Lipinski definition) is 5. The summed E-state index contributed by atoms with van der Waals surface area (Å²) in [5.74, 6) is 0.247. The number of amides is 1. The molecule has 94 valence electrons. The number of aromatic nitrogens is 2. The number of carbonyl (C=O) groups excluding carboxylic acids is 1. The van der Waals surface area contributed by atoms with Crippen LogP contribution in [0.15, 0.2) is 35.2 Å². The molecule has 1 heterocycles. The fraction of sp³-hybridized carbons (Fsp3) is 0.250. The molecule has 0 fully saturated rings. The highest BCUT2D eigenvalue weighted by atomic mass is 16.5. The molecule has 2 aromatic rings. The van der Waals surface area contributed by atoms with Gasteiger partial charge in [-0.2, -0.15) is 4.98 Å². The van der Waals surface area contributed by atoms with E-state index in [1.54, 1.807) is 12.1 Å². The maximum Gasteiger partial charge on any atom is 0.249 e. The molecule has 6 nitrogen and oxygen atoms in total. The third-order valence-corrected chi connectivity index (χ3v) is 2.53. The maximum atomic E-state index is 11.2. The molecule has 18 heavy (non-hydrogen) atoms. The van der Waals surface area contributed by atoms with Gasteiger partial charge >= 0.3 is 0 Å². The van der Waals surface area contributed by atoms with E-state index in [1.165, 1.54) is 6.39 Å². The molecule has 0 saturated carbocycles. The smallest absolute Gasteiger partial charge is 0.249 e. The summed E-state index contributed by atoms with van der Waals surface area (Å²) in [6.45, 7) is 1.28. The third-order valence-electron chi connectivity index (χ3n) is 2.53. The summed E-state index contributed by atoms with van der Waals surface area (Å²) in [7, 11) is 0. The van der Waals surface area contributed by atoms with Crippen LogP contribution in [0.5, 0.6) is 0 Å². The van der Waals surface area contributed by atoms with E-state index < -0.39 is 5.91 Å². The van der Waals surface area contributed by atoms with E-state index in [4.69, 9.17) is 5.73 Å². The molecule has 6 heteroatoms. The van der Waals surface area contributed by atoms with Crippen molar-refractivity contribution in [2.24, 2.45) is 5.73 Å². The van der Waals surface area contributed by atoms with Gasteiger partial charge in [0.1, 0.15) is 0 Å². The topological polar surface area (TPSA) is 94.0 Å². The standard InChI is InChI=1S/C12H14N4O2/c13-12(17)10-4-2-1-3-9(10)7-14-6-5-11-15-8-18-16-11/h1-4,8,14H,5-7H2,(H2,13,17). The lowest BCUT2D eigenvalue weighted by Crippen LogP contribution is -2.21. The van der Waals surface area contributed by atoms with Crippen molar-refractivity contribution in [3.05, 3.63) is 47.6 Å². The predicted molar refractivity (Wildman–Crippen MR) is 64.7 cm³/mol. The average Bonchev–Trinajstić information content (AvgIpc) is 2.88. The number of primary amides is 1. The Bertz CT molecular complexity index is 511. The number of nitrogens with one attached hydrogen (secondary N) is 1. The van der Waals surface area contributed by atoms with E-state index in [1.807, 2.05) is 12.1 Å². The quantitative estimate of drug-likeness (QED) is 0.724. The second kappa shape index (κ2) is 5.92. The zero-order valence-corrected chi connectivity index (χ0v) is 9.80. The van der Waals surface area contributed by atoms with Crippen molar-refractivity contribution in [3.63, 3.8) is 0 Å². The van der Waals surface area contributed by atoms with Crippen molar-refractivity contribution in [2.45, 2.75) is 13.0 Å². The average molecular weight is 246 g/mol. The predicted octanol–water partition coefficient (Wildman–Crippen LogP) is 0.501. The van der Waals surface area contributed by atoms with Gasteiger partial charge in [0.2, 0.25) is 12.3 Å². The van der Waals surface area contributed by atoms with Gasteiger partial charge in [0.25, 0.3) is 0 Å². The van der Waals surface area contributed by atoms with Gasteiger partial charge in [0.15, 0.2) is 5.82 Å². The van der Waals surface area contributed by atoms with Crippen LogP contribution in [-0.2, 0) is 13.0 Å². The summed E-state index contributed by atoms with van der Waals surface area (Å²) in [6, 6.07) is 7.27. The van der Waals surface area contributed by atoms with Gasteiger partial charge in [-0.25, -0.2) is 0 Å². The second-order valence-corrected chi connectivity index (χ2v) is 3.80. The molecule has 0 bridgehead atoms. The highest BCUT2D eigenvalue weighted by molar-refractivity contribution is 5.94. The molecule has 0 unspecified atom stereocenters. The van der Waals surface area contributed by atoms with Crippen LogP contribution >= 0.6 is 0 Å². The summed E-state index contributed by atoms with van der Waals surface area (Å²) in [4.78, 5) is 15.1. The minimum Gasteiger partial charge on any atom is -0.366 e. The van der Waals surface area contributed by atoms with E-state index >= 15 is 0 Å². The highest BCUT2D eigenvalue weighted by Gasteiger charge is 2.06. The molecule has 0 aliphatic rings. The zero-order chi connectivity index (χ0) is 12.8. The fourth-order valence-corrected chi connectivity index (χ4v) is 1.64. The summed E-state index contributed by atoms with van der Waals surface area (Å²) in [5, 5.41) is 6.91. The van der Waals surface area contributed by atoms with Gasteiger partial charge in [-0.1, -0.05) is 23.4 Å². The van der Waals surface area contributed by atoms with Crippen LogP contribution in [0.2, 0.25) is 0 Å². The number of benzene rings is 1. The Morgan fingerprint density at radius 2 is 2.22 bits per heavy atom. The molecule has 0 atom stereocenters. The van der Waals surface area contributed by atoms with Crippen molar-refractivity contribution >= 4 is 5.91 Å². The van der Waals surface area contributed by atoms with Crippen molar-refractivity contribution < 1.29 is 9.32 Å². The minimum atomic E-state index is -0.412. The van der Waals surface area contributed by atoms with Gasteiger partial charge in [0, 0.05) is 25.1 Å². The van der Waals surface area contributed by atoms with Gasteiger partial charge in [-0.3, -0.25) is 4.79 Å². The molecule has 1 amide bonds. The number of rotatable bonds is 6. The third kappa shape index (κ3) is 3.14. The van der Waals surface area contributed by atoms with Crippen LogP contribution in [0.3, 0.4) is 0 Å². The van der Waals surface area contributed by atoms with E-state index in [0.717, 1.165) is 5.56 Å². The van der Waals surface area contributed by atoms with E-state index in [-0.39, 0.29) is 0 Å². The summed E-state index contributed by atoms with van der Waals surface area (Å²) in [6.07, 6.45) is 1.98. The second-order valence-electron chi connectivity index (χ2n) is 3.80. The number of nitrogens with two attached hydrogens (primary N) is 1. The molecule has 0 aliphatic heterocycles. The Kier molecular flexibility index (Phi) is 4.03. The molecule has 0 spiro atoms. The van der Waals surface area contributed by atoms with Gasteiger partial charge < -0.3 is 15.6 Å². The molecular weight excluding hydrogens is 232 g/mol. The van der Waals surface area contributed by atoms with Crippen LogP contribution in [0.25, 0.3) is 0 Å². The number of carbonyl (C=O) groups is 1. The fourth-order valence-electron chi connectivity index (χ4n) is 1.64. The highest BCUT2D eigenvalue weighted by Crippen LogP contribution is 2.07. The van der Waals surface area contributed by atoms with Crippen LogP contribution in [-0.4, -0.2) is 22.6 Å². The number of hydrogen-bond donors (Lipinski definition) is 2. The van der Waals surface area contributed by atoms with Crippen LogP contribution in [0.1, 0.15) is 21.7 Å². The molecule has 1 aromatic carbocycles. The van der Waals surface area contributed by atoms with E-state index in [0.29, 0.717) is 30.9 Å². The van der Waals surface area contributed by atoms with Crippen molar-refractivity contribution in [1.29, 1.82) is 0 Å². The monoisotopic (exact) mass is 246 g/mol. The molecular formula is C12H14N4O2. The first-order chi connectivity index (χ1) is 8.77. The Hall–Kier alpha value is -2.21. The first kappa shape index (κ1) is 12.3. The normalized spacial score (nSPS) is 10.4. The molecule has 0 radical (unpaired) electrons. The molecule has 0 saturated heterocycles. The number of nitrogens with zero attached hydrogens (tertiary/aromatic N) is 2. The largest absolute Gasteiger partial charge is 0.366 e.